The third-order valence-corrected chi connectivity index (χ3v) is 11.3. The summed E-state index contributed by atoms with van der Waals surface area (Å²) in [6.07, 6.45) is 13.5. The Morgan fingerprint density at radius 2 is 1.87 bits per heavy atom. The monoisotopic (exact) mass is 414 g/mol. The summed E-state index contributed by atoms with van der Waals surface area (Å²) in [7, 11) is 0. The maximum atomic E-state index is 10.3. The average Bonchev–Trinajstić information content (AvgIpc) is 3.16. The average molecular weight is 415 g/mol. The van der Waals surface area contributed by atoms with Gasteiger partial charge in [0.1, 0.15) is 0 Å². The maximum Gasteiger partial charge on any atom is 0.171 e. The molecule has 0 bridgehead atoms. The van der Waals surface area contributed by atoms with E-state index in [4.69, 9.17) is 9.47 Å². The zero-order valence-corrected chi connectivity index (χ0v) is 19.5. The zero-order valence-electron chi connectivity index (χ0n) is 19.5. The van der Waals surface area contributed by atoms with E-state index in [1.165, 1.54) is 38.5 Å². The van der Waals surface area contributed by atoms with E-state index in [1.54, 1.807) is 5.57 Å². The minimum Gasteiger partial charge on any atom is -0.393 e. The van der Waals surface area contributed by atoms with Gasteiger partial charge < -0.3 is 14.6 Å². The molecule has 0 aromatic carbocycles. The molecule has 168 valence electrons. The van der Waals surface area contributed by atoms with Crippen LogP contribution in [0, 0.1) is 46.3 Å². The Balaban J connectivity index is 1.28. The number of aliphatic hydroxyl groups is 1. The van der Waals surface area contributed by atoms with Gasteiger partial charge in [-0.25, -0.2) is 0 Å². The summed E-state index contributed by atoms with van der Waals surface area (Å²) >= 11 is 0. The first-order chi connectivity index (χ1) is 14.3. The third kappa shape index (κ3) is 2.55. The van der Waals surface area contributed by atoms with Crippen molar-refractivity contribution in [3.05, 3.63) is 11.6 Å². The molecule has 2 aliphatic heterocycles. The first-order valence-corrected chi connectivity index (χ1v) is 13.0. The van der Waals surface area contributed by atoms with Gasteiger partial charge in [-0.15, -0.1) is 0 Å². The molecule has 6 rings (SSSR count). The molecule has 4 aliphatic carbocycles. The van der Waals surface area contributed by atoms with Crippen LogP contribution in [0.2, 0.25) is 0 Å². The van der Waals surface area contributed by atoms with Crippen LogP contribution in [0.15, 0.2) is 11.6 Å². The molecule has 3 heteroatoms. The highest BCUT2D eigenvalue weighted by Crippen LogP contribution is 2.70. The second kappa shape index (κ2) is 6.58. The lowest BCUT2D eigenvalue weighted by molar-refractivity contribution is -0.272. The largest absolute Gasteiger partial charge is 0.393 e. The van der Waals surface area contributed by atoms with E-state index in [0.29, 0.717) is 34.7 Å². The van der Waals surface area contributed by atoms with Gasteiger partial charge in [0.2, 0.25) is 0 Å². The summed E-state index contributed by atoms with van der Waals surface area (Å²) in [5.74, 6) is 3.94. The molecule has 0 aromatic rings. The quantitative estimate of drug-likeness (QED) is 0.516. The molecule has 1 spiro atoms. The van der Waals surface area contributed by atoms with E-state index in [2.05, 4.69) is 33.8 Å². The minimum atomic E-state index is -0.294. The zero-order chi connectivity index (χ0) is 20.9. The van der Waals surface area contributed by atoms with Crippen LogP contribution in [0.3, 0.4) is 0 Å². The Hall–Kier alpha value is -0.380. The van der Waals surface area contributed by atoms with Gasteiger partial charge in [0, 0.05) is 12.3 Å². The van der Waals surface area contributed by atoms with Crippen LogP contribution in [0.25, 0.3) is 0 Å². The minimum absolute atomic E-state index is 0.107. The number of hydrogen-bond donors (Lipinski definition) is 1. The first-order valence-electron chi connectivity index (χ1n) is 13.0. The van der Waals surface area contributed by atoms with Gasteiger partial charge in [0.05, 0.1) is 18.8 Å². The molecule has 11 atom stereocenters. The number of hydrogen-bond acceptors (Lipinski definition) is 3. The molecule has 1 N–H and O–H groups in total. The van der Waals surface area contributed by atoms with Crippen molar-refractivity contribution in [2.75, 3.05) is 6.61 Å². The van der Waals surface area contributed by atoms with Crippen LogP contribution in [-0.4, -0.2) is 29.7 Å². The summed E-state index contributed by atoms with van der Waals surface area (Å²) in [6.45, 7) is 10.8. The SMILES string of the molecule is C[C@H]1CC[C@@]2(OC1)O[C@@H]1C[C@@H]3[C@H]4CC=C5C[C@@H](O)CC[C@]5(C)[C@@H]4CC[C@]3(C)[C@@H]1[C@H]2C. The third-order valence-electron chi connectivity index (χ3n) is 11.3. The van der Waals surface area contributed by atoms with Crippen LogP contribution in [0.4, 0.5) is 0 Å². The fourth-order valence-corrected chi connectivity index (χ4v) is 9.66. The van der Waals surface area contributed by atoms with Crippen LogP contribution < -0.4 is 0 Å². The Labute approximate surface area is 183 Å². The topological polar surface area (TPSA) is 38.7 Å². The standard InChI is InChI=1S/C27H42O3/c1-16-7-12-27(29-15-16)17(2)24-23(30-27)14-22-20-6-5-18-13-19(28)8-10-25(18,3)21(20)9-11-26(22,24)4/h5,16-17,19-24,28H,6-15H2,1-4H3/t16-,17+,19-,20-,21+,22+,23+,24+,25-,26-,27+/m0/s1. The lowest BCUT2D eigenvalue weighted by Crippen LogP contribution is -2.52. The maximum absolute atomic E-state index is 10.3. The molecule has 5 fully saturated rings. The Morgan fingerprint density at radius 1 is 1.03 bits per heavy atom. The van der Waals surface area contributed by atoms with E-state index in [-0.39, 0.29) is 11.9 Å². The van der Waals surface area contributed by atoms with Gasteiger partial charge in [0.25, 0.3) is 0 Å². The van der Waals surface area contributed by atoms with Crippen molar-refractivity contribution in [2.45, 2.75) is 103 Å². The fourth-order valence-electron chi connectivity index (χ4n) is 9.66. The van der Waals surface area contributed by atoms with Crippen LogP contribution >= 0.6 is 0 Å². The highest BCUT2D eigenvalue weighted by atomic mass is 16.7. The van der Waals surface area contributed by atoms with Crippen molar-refractivity contribution in [2.24, 2.45) is 46.3 Å². The van der Waals surface area contributed by atoms with Gasteiger partial charge in [0.15, 0.2) is 5.79 Å². The van der Waals surface area contributed by atoms with Crippen LogP contribution in [-0.2, 0) is 9.47 Å². The normalized spacial score (nSPS) is 59.8. The van der Waals surface area contributed by atoms with Gasteiger partial charge in [-0.3, -0.25) is 0 Å². The van der Waals surface area contributed by atoms with Gasteiger partial charge in [-0.1, -0.05) is 39.3 Å². The molecule has 0 radical (unpaired) electrons. The van der Waals surface area contributed by atoms with E-state index in [9.17, 15) is 5.11 Å². The molecule has 30 heavy (non-hydrogen) atoms. The molecular weight excluding hydrogens is 372 g/mol. The van der Waals surface area contributed by atoms with Crippen molar-refractivity contribution >= 4 is 0 Å². The second-order valence-electron chi connectivity index (χ2n) is 12.7. The Morgan fingerprint density at radius 3 is 2.63 bits per heavy atom. The van der Waals surface area contributed by atoms with Crippen molar-refractivity contribution in [1.29, 1.82) is 0 Å². The van der Waals surface area contributed by atoms with E-state index in [1.807, 2.05) is 0 Å². The highest BCUT2D eigenvalue weighted by molar-refractivity contribution is 5.26. The van der Waals surface area contributed by atoms with Crippen molar-refractivity contribution in [3.63, 3.8) is 0 Å². The van der Waals surface area contributed by atoms with Crippen molar-refractivity contribution < 1.29 is 14.6 Å². The van der Waals surface area contributed by atoms with Gasteiger partial charge in [-0.2, -0.15) is 0 Å². The summed E-state index contributed by atoms with van der Waals surface area (Å²) in [5, 5.41) is 10.3. The molecule has 2 heterocycles. The predicted octanol–water partition coefficient (Wildman–Crippen LogP) is 5.71. The predicted molar refractivity (Wildman–Crippen MR) is 118 cm³/mol. The molecule has 3 nitrogen and oxygen atoms in total. The van der Waals surface area contributed by atoms with Crippen LogP contribution in [0.5, 0.6) is 0 Å². The smallest absolute Gasteiger partial charge is 0.171 e. The summed E-state index contributed by atoms with van der Waals surface area (Å²) in [4.78, 5) is 0. The first kappa shape index (κ1) is 20.2. The number of ether oxygens (including phenoxy) is 2. The van der Waals surface area contributed by atoms with Crippen molar-refractivity contribution in [3.8, 4) is 0 Å². The number of fused-ring (bicyclic) bond motifs is 7. The summed E-state index contributed by atoms with van der Waals surface area (Å²) in [6, 6.07) is 0. The number of rotatable bonds is 0. The van der Waals surface area contributed by atoms with Gasteiger partial charge >= 0.3 is 0 Å². The molecular formula is C27H42O3. The lowest BCUT2D eigenvalue weighted by Gasteiger charge is -2.58. The van der Waals surface area contributed by atoms with E-state index in [0.717, 1.165) is 43.6 Å². The Kier molecular flexibility index (Phi) is 4.44. The van der Waals surface area contributed by atoms with Gasteiger partial charge in [-0.05, 0) is 91.8 Å². The molecule has 0 aromatic heterocycles. The molecule has 2 saturated heterocycles. The number of allylic oxidation sites excluding steroid dienone is 1. The molecule has 3 saturated carbocycles. The molecule has 6 aliphatic rings. The lowest BCUT2D eigenvalue weighted by atomic mass is 9.47. The second-order valence-corrected chi connectivity index (χ2v) is 12.7. The van der Waals surface area contributed by atoms with Crippen molar-refractivity contribution in [1.82, 2.24) is 0 Å². The summed E-state index contributed by atoms with van der Waals surface area (Å²) in [5.41, 5.74) is 2.31. The molecule has 0 unspecified atom stereocenters. The fraction of sp³-hybridized carbons (Fsp3) is 0.926. The van der Waals surface area contributed by atoms with E-state index >= 15 is 0 Å². The molecule has 0 amide bonds. The van der Waals surface area contributed by atoms with E-state index < -0.39 is 0 Å². The van der Waals surface area contributed by atoms with Crippen LogP contribution in [0.1, 0.15) is 85.5 Å². The number of aliphatic hydroxyl groups excluding tert-OH is 1. The highest BCUT2D eigenvalue weighted by Gasteiger charge is 2.68. The summed E-state index contributed by atoms with van der Waals surface area (Å²) < 4.78 is 13.3. The Bertz CT molecular complexity index is 736.